The normalized spacial score (nSPS) is 21.3. The highest BCUT2D eigenvalue weighted by Crippen LogP contribution is 2.38. The van der Waals surface area contributed by atoms with Crippen LogP contribution in [0.5, 0.6) is 0 Å². The molecule has 2 aliphatic heterocycles. The van der Waals surface area contributed by atoms with Crippen LogP contribution in [-0.4, -0.2) is 55.6 Å². The molecule has 0 aromatic carbocycles. The number of carbonyl (C=O) groups is 1. The zero-order valence-corrected chi connectivity index (χ0v) is 20.0. The lowest BCUT2D eigenvalue weighted by molar-refractivity contribution is 0.0981. The van der Waals surface area contributed by atoms with Gasteiger partial charge in [0.25, 0.3) is 15.9 Å². The molecule has 2 aliphatic rings. The Kier molecular flexibility index (Phi) is 6.30. The zero-order valence-electron chi connectivity index (χ0n) is 19.2. The molecule has 8 nitrogen and oxygen atoms in total. The highest BCUT2D eigenvalue weighted by atomic mass is 32.2. The van der Waals surface area contributed by atoms with Crippen molar-refractivity contribution in [3.8, 4) is 0 Å². The number of anilines is 2. The second-order valence-corrected chi connectivity index (χ2v) is 10.9. The van der Waals surface area contributed by atoms with Gasteiger partial charge in [0.1, 0.15) is 17.8 Å². The first-order valence-electron chi connectivity index (χ1n) is 11.3. The fraction of sp³-hybridized carbons (Fsp3) is 0.522. The number of alkyl halides is 1. The maximum atomic E-state index is 13.5. The number of piperidine rings is 1. The Morgan fingerprint density at radius 3 is 2.52 bits per heavy atom. The molecule has 0 spiro atoms. The number of nitrogens with one attached hydrogen (secondary N) is 1. The Bertz CT molecular complexity index is 1130. The van der Waals surface area contributed by atoms with Crippen LogP contribution in [0.3, 0.4) is 0 Å². The number of pyridine rings is 2. The number of hydrogen-bond donors (Lipinski definition) is 1. The van der Waals surface area contributed by atoms with Crippen molar-refractivity contribution < 1.29 is 17.6 Å². The Hall–Kier alpha value is -2.75. The van der Waals surface area contributed by atoms with Crippen LogP contribution < -0.4 is 14.5 Å². The predicted octanol–water partition coefficient (Wildman–Crippen LogP) is 3.16. The van der Waals surface area contributed by atoms with Gasteiger partial charge in [-0.2, -0.15) is 8.42 Å². The Morgan fingerprint density at radius 2 is 1.85 bits per heavy atom. The van der Waals surface area contributed by atoms with Crippen molar-refractivity contribution in [2.45, 2.75) is 56.8 Å². The fourth-order valence-corrected chi connectivity index (χ4v) is 5.36. The molecule has 0 saturated carbocycles. The quantitative estimate of drug-likeness (QED) is 0.710. The first kappa shape index (κ1) is 23.4. The average Bonchev–Trinajstić information content (AvgIpc) is 3.06. The van der Waals surface area contributed by atoms with E-state index in [9.17, 15) is 17.6 Å². The summed E-state index contributed by atoms with van der Waals surface area (Å²) in [5.41, 5.74) is -0.0185. The number of hydrogen-bond acceptors (Lipinski definition) is 7. The van der Waals surface area contributed by atoms with E-state index < -0.39 is 22.1 Å². The van der Waals surface area contributed by atoms with Crippen molar-refractivity contribution in [3.63, 3.8) is 0 Å². The molecule has 2 saturated heterocycles. The Balaban J connectivity index is 1.57. The summed E-state index contributed by atoms with van der Waals surface area (Å²) in [6.45, 7) is 8.01. The molecule has 1 unspecified atom stereocenters. The first-order valence-corrected chi connectivity index (χ1v) is 12.7. The third kappa shape index (κ3) is 4.66. The number of rotatable bonds is 5. The summed E-state index contributed by atoms with van der Waals surface area (Å²) in [6.07, 6.45) is 2.48. The summed E-state index contributed by atoms with van der Waals surface area (Å²) in [5, 5.41) is -0.253. The SMILES string of the molecule is CC1CCN(c2ncccc2C(=O)NS(=O)(=O)c2cccc(N3CCC(F)CC3)n2)C1(C)C. The van der Waals surface area contributed by atoms with Crippen LogP contribution in [0.1, 0.15) is 50.4 Å². The lowest BCUT2D eigenvalue weighted by Crippen LogP contribution is -2.43. The molecule has 4 rings (SSSR count). The van der Waals surface area contributed by atoms with Crippen LogP contribution in [-0.2, 0) is 10.0 Å². The molecule has 33 heavy (non-hydrogen) atoms. The summed E-state index contributed by atoms with van der Waals surface area (Å²) < 4.78 is 41.6. The van der Waals surface area contributed by atoms with E-state index in [1.54, 1.807) is 30.5 Å². The van der Waals surface area contributed by atoms with E-state index in [4.69, 9.17) is 0 Å². The number of carbonyl (C=O) groups excluding carboxylic acids is 1. The van der Waals surface area contributed by atoms with Crippen LogP contribution in [0.4, 0.5) is 16.0 Å². The van der Waals surface area contributed by atoms with Gasteiger partial charge in [0.15, 0.2) is 5.03 Å². The minimum atomic E-state index is -4.22. The molecule has 0 radical (unpaired) electrons. The molecular formula is C23H30FN5O3S. The van der Waals surface area contributed by atoms with E-state index in [0.29, 0.717) is 43.5 Å². The van der Waals surface area contributed by atoms with Crippen LogP contribution in [0.2, 0.25) is 0 Å². The van der Waals surface area contributed by atoms with Crippen LogP contribution in [0.15, 0.2) is 41.6 Å². The molecule has 2 fully saturated rings. The van der Waals surface area contributed by atoms with Gasteiger partial charge in [0.05, 0.1) is 5.56 Å². The minimum Gasteiger partial charge on any atom is -0.356 e. The van der Waals surface area contributed by atoms with E-state index >= 15 is 0 Å². The van der Waals surface area contributed by atoms with Crippen molar-refractivity contribution >= 4 is 27.6 Å². The third-order valence-electron chi connectivity index (χ3n) is 6.93. The second-order valence-electron chi connectivity index (χ2n) is 9.30. The minimum absolute atomic E-state index is 0.199. The van der Waals surface area contributed by atoms with Gasteiger partial charge in [-0.3, -0.25) is 4.79 Å². The number of aromatic nitrogens is 2. The van der Waals surface area contributed by atoms with Gasteiger partial charge in [-0.1, -0.05) is 13.0 Å². The lowest BCUT2D eigenvalue weighted by Gasteiger charge is -2.36. The van der Waals surface area contributed by atoms with Crippen molar-refractivity contribution in [1.82, 2.24) is 14.7 Å². The molecule has 0 bridgehead atoms. The molecule has 2 aromatic heterocycles. The van der Waals surface area contributed by atoms with Crippen LogP contribution in [0, 0.1) is 5.92 Å². The summed E-state index contributed by atoms with van der Waals surface area (Å²) >= 11 is 0. The zero-order chi connectivity index (χ0) is 23.8. The molecule has 1 N–H and O–H groups in total. The molecule has 178 valence electrons. The second kappa shape index (κ2) is 8.89. The summed E-state index contributed by atoms with van der Waals surface area (Å²) in [7, 11) is -4.22. The average molecular weight is 476 g/mol. The highest BCUT2D eigenvalue weighted by molar-refractivity contribution is 7.90. The molecule has 4 heterocycles. The standard InChI is InChI=1S/C23H30FN5O3S/c1-16-9-15-29(23(16,2)3)21-18(6-5-12-25-21)22(30)27-33(31,32)20-8-4-7-19(26-20)28-13-10-17(24)11-14-28/h4-8,12,16-17H,9-11,13-15H2,1-3H3,(H,27,30). The molecule has 2 aromatic rings. The topological polar surface area (TPSA) is 95.5 Å². The van der Waals surface area contributed by atoms with Gasteiger partial charge in [0.2, 0.25) is 0 Å². The largest absolute Gasteiger partial charge is 0.356 e. The summed E-state index contributed by atoms with van der Waals surface area (Å²) in [5.74, 6) is 0.565. The Morgan fingerprint density at radius 1 is 1.12 bits per heavy atom. The summed E-state index contributed by atoms with van der Waals surface area (Å²) in [6, 6.07) is 7.81. The van der Waals surface area contributed by atoms with Gasteiger partial charge in [-0.05, 0) is 63.3 Å². The first-order chi connectivity index (χ1) is 15.6. The van der Waals surface area contributed by atoms with Gasteiger partial charge < -0.3 is 9.80 Å². The molecule has 1 amide bonds. The maximum Gasteiger partial charge on any atom is 0.281 e. The van der Waals surface area contributed by atoms with Crippen molar-refractivity contribution in [2.75, 3.05) is 29.4 Å². The predicted molar refractivity (Wildman–Crippen MR) is 125 cm³/mol. The van der Waals surface area contributed by atoms with Gasteiger partial charge in [0, 0.05) is 31.4 Å². The highest BCUT2D eigenvalue weighted by Gasteiger charge is 2.40. The summed E-state index contributed by atoms with van der Waals surface area (Å²) in [4.78, 5) is 25.7. The van der Waals surface area contributed by atoms with Crippen LogP contribution >= 0.6 is 0 Å². The third-order valence-corrected chi connectivity index (χ3v) is 8.17. The van der Waals surface area contributed by atoms with Gasteiger partial charge >= 0.3 is 0 Å². The number of amides is 1. The lowest BCUT2D eigenvalue weighted by atomic mass is 9.90. The maximum absolute atomic E-state index is 13.5. The van der Waals surface area contributed by atoms with E-state index in [2.05, 4.69) is 40.4 Å². The number of halogens is 1. The van der Waals surface area contributed by atoms with E-state index in [1.807, 2.05) is 4.90 Å². The van der Waals surface area contributed by atoms with E-state index in [-0.39, 0.29) is 16.1 Å². The number of sulfonamides is 1. The molecular weight excluding hydrogens is 445 g/mol. The number of nitrogens with zero attached hydrogens (tertiary/aromatic N) is 4. The van der Waals surface area contributed by atoms with E-state index in [0.717, 1.165) is 13.0 Å². The monoisotopic (exact) mass is 475 g/mol. The molecule has 10 heteroatoms. The fourth-order valence-electron chi connectivity index (χ4n) is 4.43. The van der Waals surface area contributed by atoms with Crippen molar-refractivity contribution in [1.29, 1.82) is 0 Å². The van der Waals surface area contributed by atoms with Gasteiger partial charge in [-0.25, -0.2) is 19.1 Å². The smallest absolute Gasteiger partial charge is 0.281 e. The van der Waals surface area contributed by atoms with Crippen LogP contribution in [0.25, 0.3) is 0 Å². The van der Waals surface area contributed by atoms with Crippen molar-refractivity contribution in [3.05, 3.63) is 42.1 Å². The van der Waals surface area contributed by atoms with Gasteiger partial charge in [-0.15, -0.1) is 0 Å². The van der Waals surface area contributed by atoms with E-state index in [1.165, 1.54) is 6.07 Å². The molecule has 1 atom stereocenters. The van der Waals surface area contributed by atoms with Crippen molar-refractivity contribution in [2.24, 2.45) is 5.92 Å². The Labute approximate surface area is 194 Å². The molecule has 0 aliphatic carbocycles.